The van der Waals surface area contributed by atoms with E-state index in [1.165, 1.54) is 148 Å². The Hall–Kier alpha value is -10.6. The number of hydrogen-bond acceptors (Lipinski definition) is 4. The topological polar surface area (TPSA) is 61.4 Å². The average molecular weight is 1340 g/mol. The zero-order valence-electron chi connectivity index (χ0n) is 64.5. The number of hydrogen-bond donors (Lipinski definition) is 0. The summed E-state index contributed by atoms with van der Waals surface area (Å²) in [5.74, 6) is 1.48. The van der Waals surface area contributed by atoms with E-state index in [1.807, 2.05) is 138 Å². The van der Waals surface area contributed by atoms with Crippen LogP contribution in [-0.2, 0) is 25.7 Å². The lowest BCUT2D eigenvalue weighted by Crippen LogP contribution is -2.09. The molecular formula is C96H106N6. The monoisotopic (exact) mass is 1340 g/mol. The fourth-order valence-electron chi connectivity index (χ4n) is 15.3. The number of para-hydroxylation sites is 2. The highest BCUT2D eigenvalue weighted by atomic mass is 15.2. The lowest BCUT2D eigenvalue weighted by Gasteiger charge is -2.20. The van der Waals surface area contributed by atoms with Crippen LogP contribution >= 0.6 is 0 Å². The predicted molar refractivity (Wildman–Crippen MR) is 449 cm³/mol. The van der Waals surface area contributed by atoms with E-state index in [1.54, 1.807) is 0 Å². The van der Waals surface area contributed by atoms with E-state index in [4.69, 9.17) is 19.9 Å². The fraction of sp³-hybridized carbons (Fsp3) is 0.250. The van der Waals surface area contributed by atoms with Crippen molar-refractivity contribution in [1.29, 1.82) is 0 Å². The van der Waals surface area contributed by atoms with Gasteiger partial charge in [0.05, 0.1) is 33.5 Å². The van der Waals surface area contributed by atoms with Crippen LogP contribution in [0.2, 0.25) is 0 Å². The zero-order chi connectivity index (χ0) is 73.3. The minimum atomic E-state index is 0.736. The lowest BCUT2D eigenvalue weighted by molar-refractivity contribution is 0.937. The molecule has 0 unspecified atom stereocenters. The second-order valence-electron chi connectivity index (χ2n) is 22.7. The molecule has 4 aromatic heterocycles. The van der Waals surface area contributed by atoms with E-state index >= 15 is 0 Å². The van der Waals surface area contributed by atoms with Crippen molar-refractivity contribution < 1.29 is 0 Å². The lowest BCUT2D eigenvalue weighted by atomic mass is 9.87. The molecule has 16 aromatic rings. The summed E-state index contributed by atoms with van der Waals surface area (Å²) in [6.07, 6.45) is 7.58. The van der Waals surface area contributed by atoms with Gasteiger partial charge in [0.2, 0.25) is 11.9 Å². The van der Waals surface area contributed by atoms with Crippen LogP contribution in [0.4, 0.5) is 0 Å². The van der Waals surface area contributed by atoms with E-state index < -0.39 is 0 Å². The summed E-state index contributed by atoms with van der Waals surface area (Å²) < 4.78 is 4.67. The van der Waals surface area contributed by atoms with Crippen LogP contribution in [0, 0.1) is 0 Å². The molecule has 20 rings (SSSR count). The molecule has 102 heavy (non-hydrogen) atoms. The van der Waals surface area contributed by atoms with E-state index in [2.05, 4.69) is 240 Å². The van der Waals surface area contributed by atoms with Gasteiger partial charge in [-0.05, 0) is 116 Å². The summed E-state index contributed by atoms with van der Waals surface area (Å²) in [5.41, 5.74) is 25.2. The van der Waals surface area contributed by atoms with Crippen molar-refractivity contribution in [2.75, 3.05) is 0 Å². The molecule has 520 valence electrons. The molecule has 0 saturated carbocycles. The van der Waals surface area contributed by atoms with Gasteiger partial charge in [-0.3, -0.25) is 9.13 Å². The van der Waals surface area contributed by atoms with Crippen molar-refractivity contribution in [1.82, 2.24) is 29.1 Å². The first-order valence-corrected chi connectivity index (χ1v) is 38.5. The maximum atomic E-state index is 5.39. The third kappa shape index (κ3) is 12.8. The summed E-state index contributed by atoms with van der Waals surface area (Å²) in [7, 11) is 0. The fourth-order valence-corrected chi connectivity index (χ4v) is 15.3. The summed E-state index contributed by atoms with van der Waals surface area (Å²) in [6.45, 7) is 40.0. The molecule has 0 aliphatic heterocycles. The predicted octanol–water partition coefficient (Wildman–Crippen LogP) is 28.3. The van der Waals surface area contributed by atoms with Gasteiger partial charge < -0.3 is 0 Å². The second-order valence-corrected chi connectivity index (χ2v) is 22.7. The molecule has 0 amide bonds. The first-order valence-electron chi connectivity index (χ1n) is 38.5. The second kappa shape index (κ2) is 35.2. The highest BCUT2D eigenvalue weighted by Crippen LogP contribution is 2.52. The highest BCUT2D eigenvalue weighted by Gasteiger charge is 2.32. The Morgan fingerprint density at radius 3 is 1.09 bits per heavy atom. The van der Waals surface area contributed by atoms with Crippen molar-refractivity contribution >= 4 is 86.7 Å². The number of fused-ring (bicyclic) bond motifs is 24. The molecule has 12 aromatic carbocycles. The Labute approximate surface area is 608 Å². The third-order valence-corrected chi connectivity index (χ3v) is 18.5. The number of rotatable bonds is 2. The van der Waals surface area contributed by atoms with E-state index in [0.717, 1.165) is 65.6 Å². The third-order valence-electron chi connectivity index (χ3n) is 18.5. The largest absolute Gasteiger partial charge is 0.278 e. The standard InChI is InChI=1S/2C38H23N3.10C2H6/c1-2-13-26-23(9-1)20-31-34(26)27-14-3-4-15-28(27)35-29-16-5-6-18-32(29)41(37(31)35)38-39-21-25-19-24-12-7-10-22-11-8-17-30(33(22)24)36(25)40-38;1-2-13-25-23(9-1)19-30-35(25)26-14-3-4-15-27(26)36-29-16-5-6-18-33(29)41(37(30)36)38-39-21-31-28-17-8-11-22-10-7-12-24(34(22)28)20-32(31)40-38;10*1-2/h2*1-18,21H,19-20H2;10*1-2H3. The van der Waals surface area contributed by atoms with Gasteiger partial charge in [0.25, 0.3) is 0 Å². The number of aromatic nitrogens is 6. The van der Waals surface area contributed by atoms with Crippen molar-refractivity contribution in [2.45, 2.75) is 164 Å². The van der Waals surface area contributed by atoms with Crippen molar-refractivity contribution in [2.24, 2.45) is 0 Å². The van der Waals surface area contributed by atoms with Crippen molar-refractivity contribution in [3.8, 4) is 56.5 Å². The van der Waals surface area contributed by atoms with Crippen LogP contribution in [-0.4, -0.2) is 29.1 Å². The Kier molecular flexibility index (Phi) is 26.1. The van der Waals surface area contributed by atoms with Crippen LogP contribution < -0.4 is 0 Å². The van der Waals surface area contributed by atoms with Gasteiger partial charge in [-0.1, -0.05) is 345 Å². The first-order chi connectivity index (χ1) is 50.7. The molecule has 0 atom stereocenters. The molecule has 4 aliphatic carbocycles. The molecule has 0 N–H and O–H groups in total. The van der Waals surface area contributed by atoms with E-state index in [9.17, 15) is 0 Å². The van der Waals surface area contributed by atoms with Gasteiger partial charge in [0.1, 0.15) is 0 Å². The van der Waals surface area contributed by atoms with Gasteiger partial charge in [-0.25, -0.2) is 19.9 Å². The minimum Gasteiger partial charge on any atom is -0.278 e. The first kappa shape index (κ1) is 75.6. The normalized spacial score (nSPS) is 11.2. The van der Waals surface area contributed by atoms with Gasteiger partial charge in [0.15, 0.2) is 0 Å². The smallest absolute Gasteiger partial charge is 0.235 e. The molecule has 4 heterocycles. The summed E-state index contributed by atoms with van der Waals surface area (Å²) in [4.78, 5) is 20.9. The van der Waals surface area contributed by atoms with Gasteiger partial charge >= 0.3 is 0 Å². The summed E-state index contributed by atoms with van der Waals surface area (Å²) >= 11 is 0. The zero-order valence-corrected chi connectivity index (χ0v) is 64.5. The van der Waals surface area contributed by atoms with Crippen LogP contribution in [0.5, 0.6) is 0 Å². The average Bonchev–Trinajstić information content (AvgIpc) is 1.54. The minimum absolute atomic E-state index is 0.736. The van der Waals surface area contributed by atoms with Crippen LogP contribution in [0.25, 0.3) is 143 Å². The Bertz CT molecular complexity index is 5540. The molecule has 4 aliphatic rings. The number of nitrogens with zero attached hydrogens (tertiary/aromatic N) is 6. The molecule has 0 saturated heterocycles. The maximum Gasteiger partial charge on any atom is 0.235 e. The maximum absolute atomic E-state index is 5.39. The summed E-state index contributed by atoms with van der Waals surface area (Å²) in [5, 5.41) is 15.5. The van der Waals surface area contributed by atoms with Crippen LogP contribution in [0.15, 0.2) is 231 Å². The van der Waals surface area contributed by atoms with Crippen molar-refractivity contribution in [3.63, 3.8) is 0 Å². The van der Waals surface area contributed by atoms with Crippen LogP contribution in [0.1, 0.15) is 183 Å². The Morgan fingerprint density at radius 2 is 0.608 bits per heavy atom. The SMILES string of the molecule is CC.CC.CC.CC.CC.CC.CC.CC.CC.CC.c1ccc2c(c1)Cc1c-2c2ccccc2c2c3ccccc3n(-c3ncc4c(n3)-c3cccc5cccc(c35)C4)c12.c1ccc2c(c1)Cc1c-2c2ccccc2c2c3ccccc3n(-c3ncc4c(n3)Cc3cccc5cccc-4c35)c12. The van der Waals surface area contributed by atoms with Crippen LogP contribution in [0.3, 0.4) is 0 Å². The van der Waals surface area contributed by atoms with Gasteiger partial charge in [-0.2, -0.15) is 0 Å². The molecule has 0 bridgehead atoms. The molecule has 6 heteroatoms. The molecule has 6 nitrogen and oxygen atoms in total. The highest BCUT2D eigenvalue weighted by molar-refractivity contribution is 6.28. The Balaban J connectivity index is 0.000000191. The molecular weight excluding hydrogens is 1240 g/mol. The van der Waals surface area contributed by atoms with E-state index in [-0.39, 0.29) is 0 Å². The van der Waals surface area contributed by atoms with Gasteiger partial charge in [0, 0.05) is 76.3 Å². The van der Waals surface area contributed by atoms with Gasteiger partial charge in [-0.15, -0.1) is 0 Å². The molecule has 0 spiro atoms. The Morgan fingerprint density at radius 1 is 0.255 bits per heavy atom. The quantitative estimate of drug-likeness (QED) is 0.173. The van der Waals surface area contributed by atoms with Crippen molar-refractivity contribution in [3.05, 3.63) is 275 Å². The molecule has 0 radical (unpaired) electrons. The molecule has 0 fully saturated rings. The number of benzene rings is 12. The van der Waals surface area contributed by atoms with E-state index in [0.29, 0.717) is 0 Å². The summed E-state index contributed by atoms with van der Waals surface area (Å²) in [6, 6.07) is 79.3.